The van der Waals surface area contributed by atoms with Crippen molar-refractivity contribution in [3.63, 3.8) is 0 Å². The summed E-state index contributed by atoms with van der Waals surface area (Å²) in [6, 6.07) is 3.25. The quantitative estimate of drug-likeness (QED) is 0.812. The summed E-state index contributed by atoms with van der Waals surface area (Å²) in [5.41, 5.74) is 6.03. The molecule has 0 aromatic heterocycles. The summed E-state index contributed by atoms with van der Waals surface area (Å²) in [6.07, 6.45) is 1.15. The van der Waals surface area contributed by atoms with Crippen molar-refractivity contribution in [2.45, 2.75) is 19.8 Å². The topological polar surface area (TPSA) is 73.6 Å². The summed E-state index contributed by atoms with van der Waals surface area (Å²) in [5, 5.41) is 3.17. The van der Waals surface area contributed by atoms with Crippen LogP contribution >= 0.6 is 11.6 Å². The van der Waals surface area contributed by atoms with Gasteiger partial charge in [-0.25, -0.2) is 0 Å². The molecule has 20 heavy (non-hydrogen) atoms. The van der Waals surface area contributed by atoms with E-state index < -0.39 is 0 Å². The molecule has 0 saturated carbocycles. The number of ether oxygens (including phenoxy) is 2. The van der Waals surface area contributed by atoms with Gasteiger partial charge in [0.2, 0.25) is 5.91 Å². The molecule has 0 radical (unpaired) electrons. The van der Waals surface area contributed by atoms with Gasteiger partial charge in [-0.15, -0.1) is 0 Å². The molecule has 1 atom stereocenters. The molecule has 5 nitrogen and oxygen atoms in total. The van der Waals surface area contributed by atoms with Crippen molar-refractivity contribution in [2.75, 3.05) is 26.1 Å². The molecule has 0 heterocycles. The number of carbonyl (C=O) groups is 1. The van der Waals surface area contributed by atoms with Crippen molar-refractivity contribution in [1.29, 1.82) is 0 Å². The van der Waals surface area contributed by atoms with Crippen LogP contribution in [0.25, 0.3) is 0 Å². The normalized spacial score (nSPS) is 11.8. The maximum Gasteiger partial charge on any atom is 0.224 e. The Morgan fingerprint density at radius 2 is 1.95 bits per heavy atom. The number of anilines is 1. The second kappa shape index (κ2) is 7.97. The van der Waals surface area contributed by atoms with Gasteiger partial charge in [0.25, 0.3) is 0 Å². The lowest BCUT2D eigenvalue weighted by atomic mass is 10.1. The van der Waals surface area contributed by atoms with Crippen LogP contribution in [0.2, 0.25) is 5.02 Å². The highest BCUT2D eigenvalue weighted by molar-refractivity contribution is 6.34. The van der Waals surface area contributed by atoms with Crippen molar-refractivity contribution in [2.24, 2.45) is 11.7 Å². The van der Waals surface area contributed by atoms with E-state index in [1.807, 2.05) is 6.92 Å². The van der Waals surface area contributed by atoms with Gasteiger partial charge in [-0.2, -0.15) is 0 Å². The van der Waals surface area contributed by atoms with Crippen LogP contribution in [0.5, 0.6) is 11.5 Å². The first-order chi connectivity index (χ1) is 9.51. The molecule has 0 saturated heterocycles. The van der Waals surface area contributed by atoms with E-state index in [9.17, 15) is 4.79 Å². The molecule has 3 N–H and O–H groups in total. The third-order valence-corrected chi connectivity index (χ3v) is 3.33. The molecule has 0 aliphatic heterocycles. The molecule has 1 aromatic rings. The van der Waals surface area contributed by atoms with Crippen LogP contribution in [-0.4, -0.2) is 26.7 Å². The van der Waals surface area contributed by atoms with Crippen LogP contribution in [-0.2, 0) is 4.79 Å². The van der Waals surface area contributed by atoms with Crippen molar-refractivity contribution < 1.29 is 14.3 Å². The van der Waals surface area contributed by atoms with Gasteiger partial charge >= 0.3 is 0 Å². The van der Waals surface area contributed by atoms with E-state index in [1.54, 1.807) is 12.1 Å². The maximum atomic E-state index is 11.9. The monoisotopic (exact) mass is 300 g/mol. The number of benzene rings is 1. The van der Waals surface area contributed by atoms with Crippen molar-refractivity contribution in [3.05, 3.63) is 17.2 Å². The minimum Gasteiger partial charge on any atom is -0.493 e. The van der Waals surface area contributed by atoms with Crippen molar-refractivity contribution >= 4 is 23.2 Å². The smallest absolute Gasteiger partial charge is 0.224 e. The first-order valence-electron chi connectivity index (χ1n) is 6.43. The molecular weight excluding hydrogens is 280 g/mol. The van der Waals surface area contributed by atoms with E-state index >= 15 is 0 Å². The Bertz CT molecular complexity index is 466. The molecule has 0 fully saturated rings. The fourth-order valence-corrected chi connectivity index (χ4v) is 1.86. The third kappa shape index (κ3) is 4.58. The Kier molecular flexibility index (Phi) is 6.61. The molecule has 6 heteroatoms. The molecule has 1 unspecified atom stereocenters. The highest BCUT2D eigenvalue weighted by Gasteiger charge is 2.12. The van der Waals surface area contributed by atoms with Gasteiger partial charge in [0.1, 0.15) is 0 Å². The number of halogens is 1. The van der Waals surface area contributed by atoms with Gasteiger partial charge in [-0.05, 0) is 18.9 Å². The molecular formula is C14H21ClN2O3. The lowest BCUT2D eigenvalue weighted by Gasteiger charge is -2.13. The zero-order valence-corrected chi connectivity index (χ0v) is 12.8. The summed E-state index contributed by atoms with van der Waals surface area (Å²) in [6.45, 7) is 2.58. The summed E-state index contributed by atoms with van der Waals surface area (Å²) in [5.74, 6) is 1.26. The van der Waals surface area contributed by atoms with Crippen LogP contribution in [0.1, 0.15) is 19.8 Å². The number of methoxy groups -OCH3 is 2. The van der Waals surface area contributed by atoms with Crippen LogP contribution in [0, 0.1) is 5.92 Å². The van der Waals surface area contributed by atoms with E-state index in [4.69, 9.17) is 26.8 Å². The van der Waals surface area contributed by atoms with E-state index in [0.29, 0.717) is 41.1 Å². The lowest BCUT2D eigenvalue weighted by molar-refractivity contribution is -0.116. The molecule has 1 aromatic carbocycles. The van der Waals surface area contributed by atoms with Crippen LogP contribution in [0.15, 0.2) is 12.1 Å². The summed E-state index contributed by atoms with van der Waals surface area (Å²) in [7, 11) is 3.06. The number of hydrogen-bond donors (Lipinski definition) is 2. The molecule has 112 valence electrons. The molecule has 0 aliphatic rings. The predicted octanol–water partition coefficient (Wildman–Crippen LogP) is 2.67. The van der Waals surface area contributed by atoms with Crippen LogP contribution < -0.4 is 20.5 Å². The lowest BCUT2D eigenvalue weighted by Crippen LogP contribution is -2.16. The minimum absolute atomic E-state index is 0.0978. The fourth-order valence-electron chi connectivity index (χ4n) is 1.66. The largest absolute Gasteiger partial charge is 0.493 e. The zero-order chi connectivity index (χ0) is 15.1. The number of nitrogens with two attached hydrogens (primary N) is 1. The third-order valence-electron chi connectivity index (χ3n) is 3.01. The van der Waals surface area contributed by atoms with Crippen molar-refractivity contribution in [3.8, 4) is 11.5 Å². The predicted molar refractivity (Wildman–Crippen MR) is 80.6 cm³/mol. The average Bonchev–Trinajstić information content (AvgIpc) is 2.46. The van der Waals surface area contributed by atoms with Crippen molar-refractivity contribution in [1.82, 2.24) is 0 Å². The van der Waals surface area contributed by atoms with E-state index in [-0.39, 0.29) is 5.91 Å². The SMILES string of the molecule is COc1cc(Cl)c(NC(=O)CCC(C)CN)cc1OC. The Labute approximate surface area is 124 Å². The summed E-state index contributed by atoms with van der Waals surface area (Å²) >= 11 is 6.10. The van der Waals surface area contributed by atoms with Gasteiger partial charge < -0.3 is 20.5 Å². The summed E-state index contributed by atoms with van der Waals surface area (Å²) < 4.78 is 10.3. The van der Waals surface area contributed by atoms with Gasteiger partial charge in [-0.1, -0.05) is 18.5 Å². The number of rotatable bonds is 7. The molecule has 0 bridgehead atoms. The first-order valence-corrected chi connectivity index (χ1v) is 6.81. The molecule has 0 aliphatic carbocycles. The Hall–Kier alpha value is -1.46. The highest BCUT2D eigenvalue weighted by atomic mass is 35.5. The van der Waals surface area contributed by atoms with Gasteiger partial charge in [-0.3, -0.25) is 4.79 Å². The maximum absolute atomic E-state index is 11.9. The first kappa shape index (κ1) is 16.6. The number of nitrogens with one attached hydrogen (secondary N) is 1. The van der Waals surface area contributed by atoms with Crippen LogP contribution in [0.4, 0.5) is 5.69 Å². The van der Waals surface area contributed by atoms with Gasteiger partial charge in [0, 0.05) is 18.6 Å². The highest BCUT2D eigenvalue weighted by Crippen LogP contribution is 2.36. The van der Waals surface area contributed by atoms with E-state index in [1.165, 1.54) is 14.2 Å². The Balaban J connectivity index is 2.74. The summed E-state index contributed by atoms with van der Waals surface area (Å²) in [4.78, 5) is 11.9. The zero-order valence-electron chi connectivity index (χ0n) is 12.0. The second-order valence-corrected chi connectivity index (χ2v) is 5.02. The van der Waals surface area contributed by atoms with Gasteiger partial charge in [0.05, 0.1) is 24.9 Å². The average molecular weight is 301 g/mol. The molecule has 0 spiro atoms. The Morgan fingerprint density at radius 1 is 1.35 bits per heavy atom. The Morgan fingerprint density at radius 3 is 2.50 bits per heavy atom. The second-order valence-electron chi connectivity index (χ2n) is 4.61. The fraction of sp³-hybridized carbons (Fsp3) is 0.500. The van der Waals surface area contributed by atoms with Crippen LogP contribution in [0.3, 0.4) is 0 Å². The number of hydrogen-bond acceptors (Lipinski definition) is 4. The van der Waals surface area contributed by atoms with E-state index in [2.05, 4.69) is 5.32 Å². The molecule has 1 rings (SSSR count). The minimum atomic E-state index is -0.0978. The standard InChI is InChI=1S/C14H21ClN2O3/c1-9(8-16)4-5-14(18)17-11-7-13(20-3)12(19-2)6-10(11)15/h6-7,9H,4-5,8,16H2,1-3H3,(H,17,18). The molecule has 1 amide bonds. The van der Waals surface area contributed by atoms with E-state index in [0.717, 1.165) is 6.42 Å². The number of carbonyl (C=O) groups excluding carboxylic acids is 1. The number of amides is 1. The van der Waals surface area contributed by atoms with Gasteiger partial charge in [0.15, 0.2) is 11.5 Å².